The van der Waals surface area contributed by atoms with Crippen molar-refractivity contribution in [3.8, 4) is 0 Å². The van der Waals surface area contributed by atoms with E-state index >= 15 is 0 Å². The third-order valence-corrected chi connectivity index (χ3v) is 2.30. The van der Waals surface area contributed by atoms with Gasteiger partial charge in [-0.2, -0.15) is 0 Å². The van der Waals surface area contributed by atoms with Gasteiger partial charge < -0.3 is 11.1 Å². The molecule has 0 atom stereocenters. The van der Waals surface area contributed by atoms with Gasteiger partial charge in [0.2, 0.25) is 11.8 Å². The van der Waals surface area contributed by atoms with E-state index in [4.69, 9.17) is 5.73 Å². The Hall–Kier alpha value is -1.65. The van der Waals surface area contributed by atoms with E-state index in [1.165, 1.54) is 0 Å². The van der Waals surface area contributed by atoms with Crippen molar-refractivity contribution < 1.29 is 14.4 Å². The number of nitrogens with one attached hydrogen (secondary N) is 1. The first-order chi connectivity index (χ1) is 8.41. The van der Waals surface area contributed by atoms with Gasteiger partial charge in [0, 0.05) is 25.5 Å². The van der Waals surface area contributed by atoms with E-state index in [-0.39, 0.29) is 18.1 Å². The maximum absolute atomic E-state index is 11.4. The summed E-state index contributed by atoms with van der Waals surface area (Å²) >= 11 is 0. The zero-order chi connectivity index (χ0) is 14.0. The Bertz CT molecular complexity index is 322. The van der Waals surface area contributed by atoms with E-state index in [2.05, 4.69) is 19.2 Å². The van der Waals surface area contributed by atoms with Gasteiger partial charge in [0.25, 0.3) is 0 Å². The summed E-state index contributed by atoms with van der Waals surface area (Å²) in [6, 6.07) is 0. The molecule has 0 aromatic heterocycles. The van der Waals surface area contributed by atoms with Crippen molar-refractivity contribution in [1.82, 2.24) is 5.32 Å². The highest BCUT2D eigenvalue weighted by Gasteiger charge is 2.03. The number of ketones is 1. The van der Waals surface area contributed by atoms with E-state index < -0.39 is 5.91 Å². The van der Waals surface area contributed by atoms with E-state index in [1.54, 1.807) is 0 Å². The highest BCUT2D eigenvalue weighted by atomic mass is 16.2. The van der Waals surface area contributed by atoms with Crippen molar-refractivity contribution in [1.29, 1.82) is 0 Å². The van der Waals surface area contributed by atoms with Gasteiger partial charge >= 0.3 is 0 Å². The normalized spacial score (nSPS) is 10.8. The van der Waals surface area contributed by atoms with Crippen LogP contribution in [0.1, 0.15) is 39.5 Å². The molecule has 3 N–H and O–H groups in total. The highest BCUT2D eigenvalue weighted by Crippen LogP contribution is 1.99. The molecule has 0 aliphatic rings. The second kappa shape index (κ2) is 9.39. The molecule has 0 heterocycles. The van der Waals surface area contributed by atoms with Gasteiger partial charge in [-0.05, 0) is 24.8 Å². The van der Waals surface area contributed by atoms with Crippen LogP contribution >= 0.6 is 0 Å². The van der Waals surface area contributed by atoms with Crippen molar-refractivity contribution >= 4 is 17.6 Å². The second-order valence-electron chi connectivity index (χ2n) is 4.59. The summed E-state index contributed by atoms with van der Waals surface area (Å²) in [5.74, 6) is -0.313. The van der Waals surface area contributed by atoms with Gasteiger partial charge in [0.15, 0.2) is 5.78 Å². The summed E-state index contributed by atoms with van der Waals surface area (Å²) in [6.45, 7) is 4.86. The molecule has 0 saturated heterocycles. The first-order valence-corrected chi connectivity index (χ1v) is 6.19. The van der Waals surface area contributed by atoms with Crippen molar-refractivity contribution in [3.05, 3.63) is 12.2 Å². The standard InChI is InChI=1S/C13H22N2O3/c1-10(2)8-9-15-13(18)5-3-4-11(16)6-7-12(14)17/h6-7,10H,3-5,8-9H2,1-2H3,(H2,14,17)(H,15,18)/b7-6-. The Morgan fingerprint density at radius 3 is 2.39 bits per heavy atom. The fraction of sp³-hybridized carbons (Fsp3) is 0.615. The molecule has 5 heteroatoms. The number of amides is 2. The molecule has 0 saturated carbocycles. The monoisotopic (exact) mass is 254 g/mol. The Balaban J connectivity index is 3.62. The van der Waals surface area contributed by atoms with Gasteiger partial charge in [-0.15, -0.1) is 0 Å². The average molecular weight is 254 g/mol. The summed E-state index contributed by atoms with van der Waals surface area (Å²) in [5.41, 5.74) is 4.85. The molecule has 0 aromatic rings. The highest BCUT2D eigenvalue weighted by molar-refractivity contribution is 5.97. The van der Waals surface area contributed by atoms with Gasteiger partial charge in [0.1, 0.15) is 0 Å². The van der Waals surface area contributed by atoms with Crippen LogP contribution in [0.4, 0.5) is 0 Å². The third kappa shape index (κ3) is 10.9. The molecule has 2 amide bonds. The molecule has 0 unspecified atom stereocenters. The molecule has 0 spiro atoms. The van der Waals surface area contributed by atoms with E-state index in [0.717, 1.165) is 18.6 Å². The van der Waals surface area contributed by atoms with Crippen LogP contribution in [0.5, 0.6) is 0 Å². The smallest absolute Gasteiger partial charge is 0.241 e. The molecule has 0 aromatic carbocycles. The van der Waals surface area contributed by atoms with Crippen LogP contribution in [0.3, 0.4) is 0 Å². The number of carbonyl (C=O) groups is 3. The lowest BCUT2D eigenvalue weighted by Crippen LogP contribution is -2.25. The van der Waals surface area contributed by atoms with E-state index in [0.29, 0.717) is 25.3 Å². The molecule has 102 valence electrons. The largest absolute Gasteiger partial charge is 0.366 e. The number of hydrogen-bond acceptors (Lipinski definition) is 3. The maximum Gasteiger partial charge on any atom is 0.241 e. The SMILES string of the molecule is CC(C)CCNC(=O)CCCC(=O)/C=C\C(N)=O. The first-order valence-electron chi connectivity index (χ1n) is 6.19. The lowest BCUT2D eigenvalue weighted by atomic mass is 10.1. The lowest BCUT2D eigenvalue weighted by Gasteiger charge is -2.06. The molecule has 0 rings (SSSR count). The van der Waals surface area contributed by atoms with Crippen LogP contribution in [-0.2, 0) is 14.4 Å². The number of carbonyl (C=O) groups excluding carboxylic acids is 3. The van der Waals surface area contributed by atoms with Crippen molar-refractivity contribution in [2.75, 3.05) is 6.54 Å². The van der Waals surface area contributed by atoms with Crippen molar-refractivity contribution in [3.63, 3.8) is 0 Å². The Labute approximate surface area is 108 Å². The number of primary amides is 1. The predicted molar refractivity (Wildman–Crippen MR) is 69.7 cm³/mol. The molecule has 0 bridgehead atoms. The molecule has 0 aliphatic carbocycles. The van der Waals surface area contributed by atoms with Gasteiger partial charge in [-0.1, -0.05) is 13.8 Å². The second-order valence-corrected chi connectivity index (χ2v) is 4.59. The minimum absolute atomic E-state index is 0.0395. The van der Waals surface area contributed by atoms with E-state index in [9.17, 15) is 14.4 Å². The van der Waals surface area contributed by atoms with Crippen LogP contribution in [0.15, 0.2) is 12.2 Å². The Morgan fingerprint density at radius 1 is 1.17 bits per heavy atom. The Kier molecular flexibility index (Phi) is 8.53. The molecule has 18 heavy (non-hydrogen) atoms. The quantitative estimate of drug-likeness (QED) is 0.600. The number of rotatable bonds is 9. The maximum atomic E-state index is 11.4. The van der Waals surface area contributed by atoms with Crippen LogP contribution in [0.25, 0.3) is 0 Å². The minimum Gasteiger partial charge on any atom is -0.366 e. The van der Waals surface area contributed by atoms with Crippen LogP contribution in [0, 0.1) is 5.92 Å². The fourth-order valence-electron chi connectivity index (χ4n) is 1.27. The van der Waals surface area contributed by atoms with Gasteiger partial charge in [-0.3, -0.25) is 14.4 Å². The van der Waals surface area contributed by atoms with Crippen molar-refractivity contribution in [2.24, 2.45) is 11.7 Å². The predicted octanol–water partition coefficient (Wildman–Crippen LogP) is 0.930. The van der Waals surface area contributed by atoms with Crippen molar-refractivity contribution in [2.45, 2.75) is 39.5 Å². The molecule has 0 fully saturated rings. The summed E-state index contributed by atoms with van der Waals surface area (Å²) in [5, 5.41) is 2.80. The molecular formula is C13H22N2O3. The zero-order valence-corrected chi connectivity index (χ0v) is 11.1. The van der Waals surface area contributed by atoms with Gasteiger partial charge in [-0.25, -0.2) is 0 Å². The first kappa shape index (κ1) is 16.4. The average Bonchev–Trinajstić information content (AvgIpc) is 2.25. The fourth-order valence-corrected chi connectivity index (χ4v) is 1.27. The van der Waals surface area contributed by atoms with Gasteiger partial charge in [0.05, 0.1) is 0 Å². The molecule has 0 aliphatic heterocycles. The number of nitrogens with two attached hydrogens (primary N) is 1. The Morgan fingerprint density at radius 2 is 1.83 bits per heavy atom. The zero-order valence-electron chi connectivity index (χ0n) is 11.1. The van der Waals surface area contributed by atoms with Crippen LogP contribution in [-0.4, -0.2) is 24.1 Å². The van der Waals surface area contributed by atoms with Crippen LogP contribution < -0.4 is 11.1 Å². The molecule has 0 radical (unpaired) electrons. The van der Waals surface area contributed by atoms with E-state index in [1.807, 2.05) is 0 Å². The number of allylic oxidation sites excluding steroid dienone is 1. The minimum atomic E-state index is -0.644. The third-order valence-electron chi connectivity index (χ3n) is 2.30. The summed E-state index contributed by atoms with van der Waals surface area (Å²) in [7, 11) is 0. The lowest BCUT2D eigenvalue weighted by molar-refractivity contribution is -0.121. The molecular weight excluding hydrogens is 232 g/mol. The summed E-state index contributed by atoms with van der Waals surface area (Å²) < 4.78 is 0. The molecule has 5 nitrogen and oxygen atoms in total. The topological polar surface area (TPSA) is 89.3 Å². The summed E-state index contributed by atoms with van der Waals surface area (Å²) in [4.78, 5) is 32.9. The van der Waals surface area contributed by atoms with Crippen LogP contribution in [0.2, 0.25) is 0 Å². The number of hydrogen-bond donors (Lipinski definition) is 2. The summed E-state index contributed by atoms with van der Waals surface area (Å²) in [6.07, 6.45) is 4.20.